The molecule has 1 N–H and O–H groups in total. The highest BCUT2D eigenvalue weighted by atomic mass is 16.5. The summed E-state index contributed by atoms with van der Waals surface area (Å²) in [5.41, 5.74) is 4.39. The molecule has 0 unspecified atom stereocenters. The van der Waals surface area contributed by atoms with E-state index < -0.39 is 0 Å². The Morgan fingerprint density at radius 1 is 0.971 bits per heavy atom. The summed E-state index contributed by atoms with van der Waals surface area (Å²) in [7, 11) is 5.67. The minimum absolute atomic E-state index is 0.0226. The van der Waals surface area contributed by atoms with Crippen molar-refractivity contribution >= 4 is 5.91 Å². The molecule has 174 valence electrons. The van der Waals surface area contributed by atoms with E-state index in [9.17, 15) is 4.79 Å². The number of benzene rings is 3. The van der Waals surface area contributed by atoms with E-state index in [2.05, 4.69) is 22.3 Å². The zero-order valence-electron chi connectivity index (χ0n) is 19.8. The van der Waals surface area contributed by atoms with Crippen LogP contribution in [0, 0.1) is 0 Å². The Hall–Kier alpha value is -3.90. The molecule has 0 saturated carbocycles. The topological polar surface area (TPSA) is 59.4 Å². The minimum Gasteiger partial charge on any atom is -0.497 e. The minimum atomic E-state index is -0.140. The summed E-state index contributed by atoms with van der Waals surface area (Å²) in [5.74, 6) is 0.669. The van der Waals surface area contributed by atoms with Gasteiger partial charge in [0.2, 0.25) is 0 Å². The van der Waals surface area contributed by atoms with Crippen LogP contribution in [-0.4, -0.2) is 48.3 Å². The predicted molar refractivity (Wildman–Crippen MR) is 135 cm³/mol. The fourth-order valence-electron chi connectivity index (χ4n) is 3.96. The van der Waals surface area contributed by atoms with E-state index >= 15 is 0 Å². The number of methoxy groups -OCH3 is 1. The van der Waals surface area contributed by atoms with Crippen LogP contribution >= 0.6 is 0 Å². The number of amides is 1. The molecule has 0 saturated heterocycles. The van der Waals surface area contributed by atoms with Crippen molar-refractivity contribution in [3.05, 3.63) is 108 Å². The first-order valence-electron chi connectivity index (χ1n) is 11.3. The molecule has 4 rings (SSSR count). The lowest BCUT2D eigenvalue weighted by Gasteiger charge is -2.25. The third-order valence-corrected chi connectivity index (χ3v) is 5.82. The number of likely N-dealkylation sites (N-methyl/N-ethyl adjacent to an activating group) is 1. The Labute approximate surface area is 200 Å². The van der Waals surface area contributed by atoms with Crippen molar-refractivity contribution in [2.75, 3.05) is 27.7 Å². The van der Waals surface area contributed by atoms with Crippen molar-refractivity contribution in [1.29, 1.82) is 0 Å². The molecule has 0 spiro atoms. The number of nitrogens with one attached hydrogen (secondary N) is 1. The van der Waals surface area contributed by atoms with Crippen molar-refractivity contribution < 1.29 is 9.53 Å². The maximum Gasteiger partial charge on any atom is 0.255 e. The molecule has 3 aromatic carbocycles. The van der Waals surface area contributed by atoms with Gasteiger partial charge in [0.1, 0.15) is 11.4 Å². The van der Waals surface area contributed by atoms with Crippen LogP contribution in [0.2, 0.25) is 0 Å². The number of carbonyl (C=O) groups excluding carboxylic acids is 1. The van der Waals surface area contributed by atoms with Gasteiger partial charge < -0.3 is 15.0 Å². The normalized spacial score (nSPS) is 11.9. The van der Waals surface area contributed by atoms with Gasteiger partial charge in [0, 0.05) is 18.3 Å². The van der Waals surface area contributed by atoms with Gasteiger partial charge >= 0.3 is 0 Å². The van der Waals surface area contributed by atoms with Crippen LogP contribution < -0.4 is 10.1 Å². The molecule has 6 nitrogen and oxygen atoms in total. The quantitative estimate of drug-likeness (QED) is 0.400. The number of rotatable bonds is 9. The number of hydrogen-bond donors (Lipinski definition) is 1. The molecule has 1 amide bonds. The highest BCUT2D eigenvalue weighted by Gasteiger charge is 2.21. The van der Waals surface area contributed by atoms with Crippen LogP contribution in [0.5, 0.6) is 5.75 Å². The maximum atomic E-state index is 13.4. The molecule has 1 atom stereocenters. The number of carbonyl (C=O) groups is 1. The van der Waals surface area contributed by atoms with Gasteiger partial charge in [-0.25, -0.2) is 0 Å². The van der Waals surface area contributed by atoms with Crippen LogP contribution in [-0.2, 0) is 6.54 Å². The summed E-state index contributed by atoms with van der Waals surface area (Å²) in [5, 5.41) is 7.90. The molecule has 1 aromatic heterocycles. The lowest BCUT2D eigenvalue weighted by molar-refractivity contribution is 0.0942. The fourth-order valence-corrected chi connectivity index (χ4v) is 3.96. The number of ether oxygens (including phenoxy) is 1. The molecule has 0 radical (unpaired) electrons. The molecule has 4 aromatic rings. The highest BCUT2D eigenvalue weighted by molar-refractivity contribution is 5.99. The molecule has 0 aliphatic heterocycles. The van der Waals surface area contributed by atoms with Crippen molar-refractivity contribution in [3.63, 3.8) is 0 Å². The van der Waals surface area contributed by atoms with Gasteiger partial charge in [-0.1, -0.05) is 72.8 Å². The monoisotopic (exact) mass is 454 g/mol. The Bertz CT molecular complexity index is 1200. The molecule has 1 heterocycles. The maximum absolute atomic E-state index is 13.4. The lowest BCUT2D eigenvalue weighted by atomic mass is 10.0. The molecule has 0 aliphatic carbocycles. The first-order chi connectivity index (χ1) is 16.5. The second-order valence-corrected chi connectivity index (χ2v) is 8.40. The Balaban J connectivity index is 1.57. The molecule has 6 heteroatoms. The number of nitrogens with zero attached hydrogens (tertiary/aromatic N) is 3. The van der Waals surface area contributed by atoms with Gasteiger partial charge in [-0.05, 0) is 37.4 Å². The summed E-state index contributed by atoms with van der Waals surface area (Å²) in [6.45, 7) is 1.07. The third kappa shape index (κ3) is 5.53. The first-order valence-corrected chi connectivity index (χ1v) is 11.3. The van der Waals surface area contributed by atoms with Crippen LogP contribution in [0.1, 0.15) is 27.5 Å². The van der Waals surface area contributed by atoms with Crippen LogP contribution in [0.3, 0.4) is 0 Å². The number of hydrogen-bond acceptors (Lipinski definition) is 4. The van der Waals surface area contributed by atoms with Crippen LogP contribution in [0.15, 0.2) is 91.1 Å². The highest BCUT2D eigenvalue weighted by Crippen LogP contribution is 2.24. The van der Waals surface area contributed by atoms with Gasteiger partial charge in [0.25, 0.3) is 5.91 Å². The average Bonchev–Trinajstić information content (AvgIpc) is 3.29. The van der Waals surface area contributed by atoms with E-state index in [1.165, 1.54) is 0 Å². The van der Waals surface area contributed by atoms with Crippen molar-refractivity contribution in [3.8, 4) is 17.0 Å². The lowest BCUT2D eigenvalue weighted by Crippen LogP contribution is -2.34. The zero-order valence-corrected chi connectivity index (χ0v) is 19.8. The van der Waals surface area contributed by atoms with E-state index in [0.29, 0.717) is 24.3 Å². The number of aromatic nitrogens is 2. The van der Waals surface area contributed by atoms with Gasteiger partial charge in [0.05, 0.1) is 25.3 Å². The summed E-state index contributed by atoms with van der Waals surface area (Å²) in [4.78, 5) is 15.5. The molecule has 0 aliphatic rings. The standard InChI is InChI=1S/C28H30N4O2/c1-31(2)26(22-14-16-24(34-3)17-15-22)18-29-28(33)25-20-32(19-21-10-6-4-7-11-21)30-27(25)23-12-8-5-9-13-23/h4-17,20,26H,18-19H2,1-3H3,(H,29,33)/t26-/m0/s1. The van der Waals surface area contributed by atoms with Crippen molar-refractivity contribution in [2.45, 2.75) is 12.6 Å². The average molecular weight is 455 g/mol. The van der Waals surface area contributed by atoms with E-state index in [1.807, 2.05) is 97.8 Å². The molecule has 0 bridgehead atoms. The van der Waals surface area contributed by atoms with E-state index in [4.69, 9.17) is 9.84 Å². The summed E-state index contributed by atoms with van der Waals surface area (Å²) in [6, 6.07) is 27.9. The summed E-state index contributed by atoms with van der Waals surface area (Å²) >= 11 is 0. The molecular formula is C28H30N4O2. The smallest absolute Gasteiger partial charge is 0.255 e. The Morgan fingerprint density at radius 2 is 1.62 bits per heavy atom. The SMILES string of the molecule is COc1ccc([C@H](CNC(=O)c2cn(Cc3ccccc3)nc2-c2ccccc2)N(C)C)cc1. The van der Waals surface area contributed by atoms with E-state index in [0.717, 1.165) is 22.4 Å². The Morgan fingerprint density at radius 3 is 2.24 bits per heavy atom. The van der Waals surface area contributed by atoms with E-state index in [1.54, 1.807) is 7.11 Å². The second kappa shape index (κ2) is 10.8. The third-order valence-electron chi connectivity index (χ3n) is 5.82. The van der Waals surface area contributed by atoms with Crippen molar-refractivity contribution in [2.24, 2.45) is 0 Å². The predicted octanol–water partition coefficient (Wildman–Crippen LogP) is 4.64. The molecule has 34 heavy (non-hydrogen) atoms. The van der Waals surface area contributed by atoms with Gasteiger partial charge in [-0.3, -0.25) is 9.48 Å². The van der Waals surface area contributed by atoms with Crippen molar-refractivity contribution in [1.82, 2.24) is 20.0 Å². The van der Waals surface area contributed by atoms with Gasteiger partial charge in [-0.15, -0.1) is 0 Å². The second-order valence-electron chi connectivity index (χ2n) is 8.40. The molecular weight excluding hydrogens is 424 g/mol. The van der Waals surface area contributed by atoms with Crippen LogP contribution in [0.4, 0.5) is 0 Å². The largest absolute Gasteiger partial charge is 0.497 e. The molecule has 0 fully saturated rings. The van der Waals surface area contributed by atoms with Gasteiger partial charge in [0.15, 0.2) is 0 Å². The zero-order chi connectivity index (χ0) is 23.9. The van der Waals surface area contributed by atoms with Gasteiger partial charge in [-0.2, -0.15) is 5.10 Å². The first kappa shape index (κ1) is 23.3. The summed E-state index contributed by atoms with van der Waals surface area (Å²) < 4.78 is 7.11. The van der Waals surface area contributed by atoms with E-state index in [-0.39, 0.29) is 11.9 Å². The fraction of sp³-hybridized carbons (Fsp3) is 0.214. The Kier molecular flexibility index (Phi) is 7.40. The summed E-state index contributed by atoms with van der Waals surface area (Å²) in [6.07, 6.45) is 1.84. The van der Waals surface area contributed by atoms with Crippen LogP contribution in [0.25, 0.3) is 11.3 Å².